The zero-order valence-corrected chi connectivity index (χ0v) is 17.9. The van der Waals surface area contributed by atoms with E-state index >= 15 is 0 Å². The molecule has 4 rings (SSSR count). The summed E-state index contributed by atoms with van der Waals surface area (Å²) in [6.45, 7) is 4.76. The third kappa shape index (κ3) is 3.98. The molecule has 0 aromatic heterocycles. The molecule has 0 aliphatic heterocycles. The molecule has 3 aliphatic rings. The lowest BCUT2D eigenvalue weighted by molar-refractivity contribution is -0.121. The fourth-order valence-electron chi connectivity index (χ4n) is 6.86. The van der Waals surface area contributed by atoms with E-state index in [9.17, 15) is 15.0 Å². The van der Waals surface area contributed by atoms with Gasteiger partial charge in [-0.05, 0) is 104 Å². The summed E-state index contributed by atoms with van der Waals surface area (Å²) in [5.41, 5.74) is 2.84. The van der Waals surface area contributed by atoms with Crippen LogP contribution in [0.15, 0.2) is 18.2 Å². The second-order valence-electron chi connectivity index (χ2n) is 10.0. The first-order valence-corrected chi connectivity index (χ1v) is 11.5. The van der Waals surface area contributed by atoms with Crippen molar-refractivity contribution in [2.24, 2.45) is 23.2 Å². The Hall–Kier alpha value is -1.39. The Morgan fingerprint density at radius 2 is 2.07 bits per heavy atom. The molecule has 0 radical (unpaired) electrons. The fraction of sp³-hybridized carbons (Fsp3) is 0.720. The largest absolute Gasteiger partial charge is 0.508 e. The molecule has 1 aromatic rings. The predicted molar refractivity (Wildman–Crippen MR) is 113 cm³/mol. The van der Waals surface area contributed by atoms with Gasteiger partial charge in [0.05, 0.1) is 6.10 Å². The highest BCUT2D eigenvalue weighted by molar-refractivity contribution is 5.76. The first-order valence-electron chi connectivity index (χ1n) is 11.5. The molecule has 0 amide bonds. The number of unbranched alkanes of at least 4 members (excludes halogenated alkanes) is 1. The Kier molecular flexibility index (Phi) is 6.04. The number of ketones is 1. The molecule has 2 fully saturated rings. The Morgan fingerprint density at radius 3 is 2.86 bits per heavy atom. The standard InChI is InChI=1S/C25H36O4/c1-16(26)15-29-12-4-3-5-17-13-18-14-19(27)6-7-20(18)21-10-11-25(2)22(24(17)21)8-9-23(25)28/h6-7,14,17,21-24,27-28H,3-5,8-13,15H2,1-2H3/t17-,21-,22+,23+,24-,25+/m1/s1. The van der Waals surface area contributed by atoms with Crippen molar-refractivity contribution in [3.8, 4) is 5.75 Å². The smallest absolute Gasteiger partial charge is 0.155 e. The zero-order valence-electron chi connectivity index (χ0n) is 17.9. The quantitative estimate of drug-likeness (QED) is 0.656. The number of hydrogen-bond donors (Lipinski definition) is 2. The van der Waals surface area contributed by atoms with E-state index < -0.39 is 0 Å². The topological polar surface area (TPSA) is 66.8 Å². The van der Waals surface area contributed by atoms with Crippen LogP contribution < -0.4 is 0 Å². The zero-order chi connectivity index (χ0) is 20.6. The van der Waals surface area contributed by atoms with Crippen molar-refractivity contribution in [3.05, 3.63) is 29.3 Å². The molecule has 2 N–H and O–H groups in total. The molecule has 0 bridgehead atoms. The molecule has 1 aromatic carbocycles. The number of fused-ring (bicyclic) bond motifs is 5. The lowest BCUT2D eigenvalue weighted by Gasteiger charge is -2.53. The summed E-state index contributed by atoms with van der Waals surface area (Å²) in [4.78, 5) is 11.0. The summed E-state index contributed by atoms with van der Waals surface area (Å²) in [5, 5.41) is 20.8. The highest BCUT2D eigenvalue weighted by Crippen LogP contribution is 2.62. The third-order valence-corrected chi connectivity index (χ3v) is 8.25. The van der Waals surface area contributed by atoms with Crippen LogP contribution in [-0.4, -0.2) is 35.3 Å². The van der Waals surface area contributed by atoms with E-state index in [-0.39, 0.29) is 23.9 Å². The van der Waals surface area contributed by atoms with E-state index in [4.69, 9.17) is 4.74 Å². The van der Waals surface area contributed by atoms with Crippen molar-refractivity contribution < 1.29 is 19.7 Å². The van der Waals surface area contributed by atoms with E-state index in [1.165, 1.54) is 11.1 Å². The molecule has 3 aliphatic carbocycles. The van der Waals surface area contributed by atoms with Crippen LogP contribution in [-0.2, 0) is 16.0 Å². The van der Waals surface area contributed by atoms with Crippen molar-refractivity contribution in [3.63, 3.8) is 0 Å². The van der Waals surface area contributed by atoms with Gasteiger partial charge < -0.3 is 14.9 Å². The minimum absolute atomic E-state index is 0.0679. The summed E-state index contributed by atoms with van der Waals surface area (Å²) >= 11 is 0. The number of aromatic hydroxyl groups is 1. The van der Waals surface area contributed by atoms with E-state index in [1.807, 2.05) is 12.1 Å². The normalized spacial score (nSPS) is 35.6. The van der Waals surface area contributed by atoms with Gasteiger partial charge in [-0.15, -0.1) is 0 Å². The van der Waals surface area contributed by atoms with E-state index in [0.29, 0.717) is 36.0 Å². The Bertz CT molecular complexity index is 744. The summed E-state index contributed by atoms with van der Waals surface area (Å²) in [6, 6.07) is 5.98. The number of ether oxygens (including phenoxy) is 1. The van der Waals surface area contributed by atoms with Gasteiger partial charge in [-0.1, -0.05) is 19.4 Å². The van der Waals surface area contributed by atoms with Crippen LogP contribution >= 0.6 is 0 Å². The van der Waals surface area contributed by atoms with Crippen LogP contribution in [0.1, 0.15) is 75.8 Å². The summed E-state index contributed by atoms with van der Waals surface area (Å²) in [5.74, 6) is 2.82. The van der Waals surface area contributed by atoms with Crippen LogP contribution in [0, 0.1) is 23.2 Å². The average molecular weight is 401 g/mol. The highest BCUT2D eigenvalue weighted by Gasteiger charge is 2.56. The lowest BCUT2D eigenvalue weighted by Crippen LogP contribution is -2.47. The number of rotatable bonds is 7. The Morgan fingerprint density at radius 1 is 1.24 bits per heavy atom. The number of carbonyl (C=O) groups is 1. The summed E-state index contributed by atoms with van der Waals surface area (Å²) < 4.78 is 5.45. The van der Waals surface area contributed by atoms with Gasteiger partial charge in [0.2, 0.25) is 0 Å². The monoisotopic (exact) mass is 400 g/mol. The number of benzene rings is 1. The van der Waals surface area contributed by atoms with E-state index in [2.05, 4.69) is 13.0 Å². The summed E-state index contributed by atoms with van der Waals surface area (Å²) in [6.07, 6.45) is 8.45. The Labute approximate surface area is 174 Å². The van der Waals surface area contributed by atoms with Crippen LogP contribution in [0.2, 0.25) is 0 Å². The maximum atomic E-state index is 11.0. The molecule has 4 heteroatoms. The van der Waals surface area contributed by atoms with E-state index in [1.54, 1.807) is 6.92 Å². The maximum absolute atomic E-state index is 11.0. The molecular weight excluding hydrogens is 364 g/mol. The van der Waals surface area contributed by atoms with Crippen molar-refractivity contribution >= 4 is 5.78 Å². The van der Waals surface area contributed by atoms with Gasteiger partial charge in [0, 0.05) is 6.61 Å². The number of phenols is 1. The van der Waals surface area contributed by atoms with Crippen LogP contribution in [0.5, 0.6) is 5.75 Å². The number of aliphatic hydroxyl groups excluding tert-OH is 1. The van der Waals surface area contributed by atoms with Crippen molar-refractivity contribution in [1.29, 1.82) is 0 Å². The average Bonchev–Trinajstić information content (AvgIpc) is 2.98. The third-order valence-electron chi connectivity index (χ3n) is 8.25. The predicted octanol–water partition coefficient (Wildman–Crippen LogP) is 4.61. The molecule has 4 nitrogen and oxygen atoms in total. The molecule has 0 unspecified atom stereocenters. The van der Waals surface area contributed by atoms with Gasteiger partial charge in [-0.25, -0.2) is 0 Å². The molecule has 160 valence electrons. The second-order valence-corrected chi connectivity index (χ2v) is 10.0. The van der Waals surface area contributed by atoms with E-state index in [0.717, 1.165) is 51.4 Å². The molecule has 6 atom stereocenters. The molecule has 0 spiro atoms. The fourth-order valence-corrected chi connectivity index (χ4v) is 6.86. The first kappa shape index (κ1) is 20.9. The van der Waals surface area contributed by atoms with Crippen LogP contribution in [0.4, 0.5) is 0 Å². The van der Waals surface area contributed by atoms with Crippen molar-refractivity contribution in [2.75, 3.05) is 13.2 Å². The van der Waals surface area contributed by atoms with Crippen molar-refractivity contribution in [1.82, 2.24) is 0 Å². The molecular formula is C25H36O4. The van der Waals surface area contributed by atoms with Crippen LogP contribution in [0.3, 0.4) is 0 Å². The van der Waals surface area contributed by atoms with Gasteiger partial charge >= 0.3 is 0 Å². The maximum Gasteiger partial charge on any atom is 0.155 e. The number of hydrogen-bond acceptors (Lipinski definition) is 4. The van der Waals surface area contributed by atoms with Gasteiger partial charge in [-0.2, -0.15) is 0 Å². The molecule has 2 saturated carbocycles. The van der Waals surface area contributed by atoms with Gasteiger partial charge in [-0.3, -0.25) is 4.79 Å². The first-order chi connectivity index (χ1) is 13.9. The second kappa shape index (κ2) is 8.39. The summed E-state index contributed by atoms with van der Waals surface area (Å²) in [7, 11) is 0. The van der Waals surface area contributed by atoms with Gasteiger partial charge in [0.25, 0.3) is 0 Å². The molecule has 0 saturated heterocycles. The number of Topliss-reactive ketones (excluding diaryl/α,β-unsaturated/α-hetero) is 1. The minimum Gasteiger partial charge on any atom is -0.508 e. The van der Waals surface area contributed by atoms with Gasteiger partial charge in [0.15, 0.2) is 5.78 Å². The number of phenolic OH excluding ortho intramolecular Hbond substituents is 1. The molecule has 0 heterocycles. The van der Waals surface area contributed by atoms with Crippen molar-refractivity contribution in [2.45, 2.75) is 77.2 Å². The minimum atomic E-state index is -0.157. The Balaban J connectivity index is 1.50. The van der Waals surface area contributed by atoms with Gasteiger partial charge in [0.1, 0.15) is 12.4 Å². The highest BCUT2D eigenvalue weighted by atomic mass is 16.5. The number of aliphatic hydroxyl groups is 1. The lowest BCUT2D eigenvalue weighted by atomic mass is 9.52. The van der Waals surface area contributed by atoms with Crippen LogP contribution in [0.25, 0.3) is 0 Å². The molecule has 29 heavy (non-hydrogen) atoms. The SMILES string of the molecule is CC(=O)COCCCC[C@@H]1Cc2cc(O)ccc2[C@H]2CC[C@]3(C)[C@@H](O)CC[C@H]3[C@H]12. The number of carbonyl (C=O) groups excluding carboxylic acids is 1.